The summed E-state index contributed by atoms with van der Waals surface area (Å²) in [5, 5.41) is 2.83. The number of rotatable bonds is 4. The molecule has 0 aliphatic carbocycles. The van der Waals surface area contributed by atoms with Gasteiger partial charge in [0.05, 0.1) is 16.1 Å². The van der Waals surface area contributed by atoms with Crippen molar-refractivity contribution < 1.29 is 14.0 Å². The second-order valence-corrected chi connectivity index (χ2v) is 5.65. The average molecular weight is 339 g/mol. The van der Waals surface area contributed by atoms with E-state index < -0.39 is 17.6 Å². The number of carbonyl (C=O) groups is 2. The molecule has 0 spiro atoms. The molecule has 7 heteroatoms. The largest absolute Gasteiger partial charge is 0.366 e. The van der Waals surface area contributed by atoms with Crippen LogP contribution in [0.4, 0.5) is 10.1 Å². The minimum Gasteiger partial charge on any atom is -0.366 e. The number of halogens is 2. The van der Waals surface area contributed by atoms with Crippen molar-refractivity contribution in [2.75, 3.05) is 11.6 Å². The van der Waals surface area contributed by atoms with Crippen molar-refractivity contribution in [1.29, 1.82) is 0 Å². The fourth-order valence-corrected chi connectivity index (χ4v) is 2.44. The lowest BCUT2D eigenvalue weighted by atomic mass is 10.1. The van der Waals surface area contributed by atoms with Gasteiger partial charge in [0, 0.05) is 10.6 Å². The van der Waals surface area contributed by atoms with Crippen LogP contribution >= 0.6 is 23.4 Å². The predicted molar refractivity (Wildman–Crippen MR) is 86.1 cm³/mol. The lowest BCUT2D eigenvalue weighted by molar-refractivity contribution is 0.0994. The summed E-state index contributed by atoms with van der Waals surface area (Å²) < 4.78 is 13.7. The highest BCUT2D eigenvalue weighted by Gasteiger charge is 2.14. The Morgan fingerprint density at radius 1 is 1.18 bits per heavy atom. The van der Waals surface area contributed by atoms with Crippen molar-refractivity contribution in [3.8, 4) is 0 Å². The molecule has 0 saturated heterocycles. The molecule has 0 aliphatic heterocycles. The molecule has 0 aliphatic rings. The molecular weight excluding hydrogens is 327 g/mol. The molecule has 114 valence electrons. The highest BCUT2D eigenvalue weighted by Crippen LogP contribution is 2.24. The second-order valence-electron chi connectivity index (χ2n) is 4.36. The summed E-state index contributed by atoms with van der Waals surface area (Å²) in [5.41, 5.74) is 5.28. The molecule has 2 amide bonds. The summed E-state index contributed by atoms with van der Waals surface area (Å²) in [4.78, 5) is 24.1. The summed E-state index contributed by atoms with van der Waals surface area (Å²) in [6, 6.07) is 8.71. The van der Waals surface area contributed by atoms with Crippen LogP contribution in [-0.4, -0.2) is 18.1 Å². The van der Waals surface area contributed by atoms with E-state index in [9.17, 15) is 14.0 Å². The van der Waals surface area contributed by atoms with Gasteiger partial charge in [-0.2, -0.15) is 0 Å². The van der Waals surface area contributed by atoms with Crippen LogP contribution in [0.25, 0.3) is 0 Å². The minimum atomic E-state index is -0.869. The molecule has 22 heavy (non-hydrogen) atoms. The first-order chi connectivity index (χ1) is 10.4. The van der Waals surface area contributed by atoms with Gasteiger partial charge in [-0.15, -0.1) is 11.8 Å². The van der Waals surface area contributed by atoms with E-state index >= 15 is 0 Å². The van der Waals surface area contributed by atoms with E-state index in [0.29, 0.717) is 5.02 Å². The van der Waals surface area contributed by atoms with Crippen molar-refractivity contribution in [1.82, 2.24) is 0 Å². The lowest BCUT2D eigenvalue weighted by Gasteiger charge is -2.09. The zero-order valence-corrected chi connectivity index (χ0v) is 13.1. The Bertz CT molecular complexity index is 752. The molecule has 4 nitrogen and oxygen atoms in total. The SMILES string of the molecule is CSc1ccc(Cl)c(C(=O)Nc2ccc(C(N)=O)c(F)c2)c1. The van der Waals surface area contributed by atoms with E-state index in [1.54, 1.807) is 18.2 Å². The first kappa shape index (κ1) is 16.3. The zero-order chi connectivity index (χ0) is 16.3. The van der Waals surface area contributed by atoms with E-state index in [4.69, 9.17) is 17.3 Å². The van der Waals surface area contributed by atoms with Crippen LogP contribution in [0.3, 0.4) is 0 Å². The van der Waals surface area contributed by atoms with E-state index in [-0.39, 0.29) is 16.8 Å². The van der Waals surface area contributed by atoms with Crippen LogP contribution in [0.5, 0.6) is 0 Å². The van der Waals surface area contributed by atoms with Crippen LogP contribution in [-0.2, 0) is 0 Å². The number of thioether (sulfide) groups is 1. The standard InChI is InChI=1S/C15H12ClFN2O2S/c1-22-9-3-5-12(16)11(7-9)15(21)19-8-2-4-10(14(18)20)13(17)6-8/h2-7H,1H3,(H2,18,20)(H,19,21). The lowest BCUT2D eigenvalue weighted by Crippen LogP contribution is -2.15. The molecule has 0 radical (unpaired) electrons. The Labute approximate surface area is 135 Å². The number of nitrogens with one attached hydrogen (secondary N) is 1. The summed E-state index contributed by atoms with van der Waals surface area (Å²) in [6.45, 7) is 0. The van der Waals surface area contributed by atoms with Crippen LogP contribution < -0.4 is 11.1 Å². The van der Waals surface area contributed by atoms with Crippen molar-refractivity contribution >= 4 is 40.9 Å². The maximum absolute atomic E-state index is 13.7. The van der Waals surface area contributed by atoms with Crippen molar-refractivity contribution in [3.63, 3.8) is 0 Å². The molecule has 2 rings (SSSR count). The number of amides is 2. The van der Waals surface area contributed by atoms with Gasteiger partial charge in [0.25, 0.3) is 11.8 Å². The third-order valence-electron chi connectivity index (χ3n) is 2.91. The van der Waals surface area contributed by atoms with Gasteiger partial charge in [-0.05, 0) is 42.7 Å². The molecule has 0 unspecified atom stereocenters. The molecular formula is C15H12ClFN2O2S. The first-order valence-corrected chi connectivity index (χ1v) is 7.77. The second kappa shape index (κ2) is 6.81. The van der Waals surface area contributed by atoms with Crippen molar-refractivity contribution in [3.05, 3.63) is 58.4 Å². The number of benzene rings is 2. The van der Waals surface area contributed by atoms with Crippen LogP contribution in [0.2, 0.25) is 5.02 Å². The maximum atomic E-state index is 13.7. The molecule has 0 atom stereocenters. The molecule has 3 N–H and O–H groups in total. The number of anilines is 1. The van der Waals surface area contributed by atoms with Gasteiger partial charge in [-0.1, -0.05) is 11.6 Å². The van der Waals surface area contributed by atoms with Gasteiger partial charge in [0.15, 0.2) is 0 Å². The predicted octanol–water partition coefficient (Wildman–Crippen LogP) is 3.55. The quantitative estimate of drug-likeness (QED) is 0.837. The Balaban J connectivity index is 2.26. The molecule has 0 aromatic heterocycles. The van der Waals surface area contributed by atoms with Crippen molar-refractivity contribution in [2.24, 2.45) is 5.73 Å². The van der Waals surface area contributed by atoms with E-state index in [0.717, 1.165) is 11.0 Å². The van der Waals surface area contributed by atoms with E-state index in [1.807, 2.05) is 6.26 Å². The third-order valence-corrected chi connectivity index (χ3v) is 3.97. The Morgan fingerprint density at radius 3 is 2.50 bits per heavy atom. The topological polar surface area (TPSA) is 72.2 Å². The summed E-state index contributed by atoms with van der Waals surface area (Å²) in [6.07, 6.45) is 1.88. The first-order valence-electron chi connectivity index (χ1n) is 6.16. The molecule has 0 bridgehead atoms. The highest BCUT2D eigenvalue weighted by molar-refractivity contribution is 7.98. The summed E-state index contributed by atoms with van der Waals surface area (Å²) >= 11 is 7.48. The monoisotopic (exact) mass is 338 g/mol. The number of primary amides is 1. The number of hydrogen-bond donors (Lipinski definition) is 2. The summed E-state index contributed by atoms with van der Waals surface area (Å²) in [5.74, 6) is -2.13. The minimum absolute atomic E-state index is 0.207. The molecule has 0 heterocycles. The summed E-state index contributed by atoms with van der Waals surface area (Å²) in [7, 11) is 0. The Kier molecular flexibility index (Phi) is 5.05. The molecule has 2 aromatic carbocycles. The average Bonchev–Trinajstić information content (AvgIpc) is 2.47. The maximum Gasteiger partial charge on any atom is 0.257 e. The smallest absolute Gasteiger partial charge is 0.257 e. The number of nitrogens with two attached hydrogens (primary N) is 1. The van der Waals surface area contributed by atoms with Gasteiger partial charge in [-0.3, -0.25) is 9.59 Å². The van der Waals surface area contributed by atoms with Gasteiger partial charge >= 0.3 is 0 Å². The van der Waals surface area contributed by atoms with Crippen LogP contribution in [0.1, 0.15) is 20.7 Å². The third kappa shape index (κ3) is 3.58. The fraction of sp³-hybridized carbons (Fsp3) is 0.0667. The van der Waals surface area contributed by atoms with Gasteiger partial charge in [0.2, 0.25) is 0 Å². The zero-order valence-electron chi connectivity index (χ0n) is 11.5. The highest BCUT2D eigenvalue weighted by atomic mass is 35.5. The number of carbonyl (C=O) groups excluding carboxylic acids is 2. The van der Waals surface area contributed by atoms with E-state index in [1.165, 1.54) is 23.9 Å². The fourth-order valence-electron chi connectivity index (χ4n) is 1.80. The normalized spacial score (nSPS) is 10.3. The Hall–Kier alpha value is -2.05. The van der Waals surface area contributed by atoms with E-state index in [2.05, 4.69) is 5.32 Å². The van der Waals surface area contributed by atoms with Gasteiger partial charge < -0.3 is 11.1 Å². The van der Waals surface area contributed by atoms with Crippen LogP contribution in [0.15, 0.2) is 41.3 Å². The molecule has 0 fully saturated rings. The van der Waals surface area contributed by atoms with Crippen molar-refractivity contribution in [2.45, 2.75) is 4.90 Å². The van der Waals surface area contributed by atoms with Crippen LogP contribution in [0, 0.1) is 5.82 Å². The van der Waals surface area contributed by atoms with Gasteiger partial charge in [-0.25, -0.2) is 4.39 Å². The molecule has 0 saturated carbocycles. The van der Waals surface area contributed by atoms with Gasteiger partial charge in [0.1, 0.15) is 5.82 Å². The Morgan fingerprint density at radius 2 is 1.91 bits per heavy atom. The molecule has 2 aromatic rings. The number of hydrogen-bond acceptors (Lipinski definition) is 3.